The summed E-state index contributed by atoms with van der Waals surface area (Å²) in [7, 11) is 0. The fourth-order valence-electron chi connectivity index (χ4n) is 2.06. The van der Waals surface area contributed by atoms with Gasteiger partial charge in [-0.3, -0.25) is 4.57 Å². The molecule has 0 radical (unpaired) electrons. The highest BCUT2D eigenvalue weighted by molar-refractivity contribution is 5.35. The van der Waals surface area contributed by atoms with Crippen LogP contribution in [0.2, 0.25) is 0 Å². The van der Waals surface area contributed by atoms with E-state index in [0.29, 0.717) is 5.56 Å². The summed E-state index contributed by atoms with van der Waals surface area (Å²) in [4.78, 5) is 15.3. The van der Waals surface area contributed by atoms with Crippen molar-refractivity contribution >= 4 is 5.82 Å². The van der Waals surface area contributed by atoms with E-state index in [1.54, 1.807) is 6.92 Å². The number of alkyl halides is 1. The highest BCUT2D eigenvalue weighted by Crippen LogP contribution is 2.36. The predicted molar refractivity (Wildman–Crippen MR) is 64.2 cm³/mol. The summed E-state index contributed by atoms with van der Waals surface area (Å²) < 4.78 is 19.4. The highest BCUT2D eigenvalue weighted by atomic mass is 19.1. The van der Waals surface area contributed by atoms with Crippen molar-refractivity contribution in [3.8, 4) is 0 Å². The van der Waals surface area contributed by atoms with Crippen LogP contribution in [-0.4, -0.2) is 44.8 Å². The van der Waals surface area contributed by atoms with Crippen LogP contribution in [0.5, 0.6) is 0 Å². The van der Waals surface area contributed by atoms with E-state index in [2.05, 4.69) is 4.98 Å². The molecule has 4 N–H and O–H groups in total. The molecule has 1 aliphatic rings. The van der Waals surface area contributed by atoms with Gasteiger partial charge < -0.3 is 20.7 Å². The summed E-state index contributed by atoms with van der Waals surface area (Å²) in [6.07, 6.45) is -0.641. The topological polar surface area (TPSA) is 111 Å². The zero-order valence-electron chi connectivity index (χ0n) is 10.4. The number of nitrogens with two attached hydrogens (primary N) is 1. The number of nitrogens with zero attached hydrogens (tertiary/aromatic N) is 2. The maximum atomic E-state index is 13.0. The van der Waals surface area contributed by atoms with Gasteiger partial charge in [0.2, 0.25) is 0 Å². The van der Waals surface area contributed by atoms with Gasteiger partial charge in [0.25, 0.3) is 0 Å². The van der Waals surface area contributed by atoms with Gasteiger partial charge in [0.15, 0.2) is 0 Å². The third kappa shape index (κ3) is 2.22. The second kappa shape index (κ2) is 4.87. The molecule has 1 aliphatic heterocycles. The molecule has 1 aromatic heterocycles. The average Bonchev–Trinajstić information content (AvgIpc) is 2.71. The van der Waals surface area contributed by atoms with Crippen molar-refractivity contribution in [1.29, 1.82) is 0 Å². The monoisotopic (exact) mass is 273 g/mol. The van der Waals surface area contributed by atoms with Crippen LogP contribution in [0, 0.1) is 6.92 Å². The van der Waals surface area contributed by atoms with Crippen molar-refractivity contribution in [3.63, 3.8) is 0 Å². The van der Waals surface area contributed by atoms with Gasteiger partial charge in [-0.05, 0) is 6.92 Å². The molecule has 19 heavy (non-hydrogen) atoms. The standard InChI is InChI=1S/C11H16FN3O4/c1-6-3-15(10(18)14-9(6)13)8-2-7(17)11(4-12,5-16)19-8/h3,7-8,16-17H,2,4-5H2,1H3,(H2,13,14,18)/t7-,8+,11+/m0/s1. The molecule has 0 amide bonds. The number of aliphatic hydroxyl groups excluding tert-OH is 2. The lowest BCUT2D eigenvalue weighted by Crippen LogP contribution is -2.45. The summed E-state index contributed by atoms with van der Waals surface area (Å²) in [5.41, 5.74) is 3.75. The third-order valence-electron chi connectivity index (χ3n) is 3.38. The largest absolute Gasteiger partial charge is 0.393 e. The zero-order chi connectivity index (χ0) is 14.2. The molecule has 1 saturated heterocycles. The third-order valence-corrected chi connectivity index (χ3v) is 3.38. The quantitative estimate of drug-likeness (QED) is 0.659. The smallest absolute Gasteiger partial charge is 0.351 e. The van der Waals surface area contributed by atoms with Crippen molar-refractivity contribution < 1.29 is 19.3 Å². The summed E-state index contributed by atoms with van der Waals surface area (Å²) in [5.74, 6) is 0.110. The Bertz CT molecular complexity index is 529. The number of aromatic nitrogens is 2. The first-order valence-corrected chi connectivity index (χ1v) is 5.81. The van der Waals surface area contributed by atoms with E-state index in [1.165, 1.54) is 6.20 Å². The minimum absolute atomic E-state index is 0.00454. The molecule has 0 bridgehead atoms. The van der Waals surface area contributed by atoms with Gasteiger partial charge in [-0.1, -0.05) is 0 Å². The lowest BCUT2D eigenvalue weighted by Gasteiger charge is -2.26. The number of hydrogen-bond acceptors (Lipinski definition) is 6. The summed E-state index contributed by atoms with van der Waals surface area (Å²) in [6.45, 7) is -0.0489. The van der Waals surface area contributed by atoms with Gasteiger partial charge in [0.1, 0.15) is 24.3 Å². The van der Waals surface area contributed by atoms with Crippen LogP contribution >= 0.6 is 0 Å². The number of rotatable bonds is 3. The molecule has 0 unspecified atom stereocenters. The zero-order valence-corrected chi connectivity index (χ0v) is 10.4. The molecular formula is C11H16FN3O4. The highest BCUT2D eigenvalue weighted by Gasteiger charge is 2.49. The Morgan fingerprint density at radius 1 is 1.74 bits per heavy atom. The first kappa shape index (κ1) is 13.9. The molecular weight excluding hydrogens is 257 g/mol. The number of anilines is 1. The van der Waals surface area contributed by atoms with Crippen molar-refractivity contribution in [3.05, 3.63) is 22.2 Å². The van der Waals surface area contributed by atoms with E-state index in [1.807, 2.05) is 0 Å². The molecule has 0 saturated carbocycles. The fourth-order valence-corrected chi connectivity index (χ4v) is 2.06. The maximum absolute atomic E-state index is 13.0. The lowest BCUT2D eigenvalue weighted by atomic mass is 10.00. The van der Waals surface area contributed by atoms with Crippen LogP contribution in [-0.2, 0) is 4.74 Å². The molecule has 0 aliphatic carbocycles. The van der Waals surface area contributed by atoms with Gasteiger partial charge in [-0.15, -0.1) is 0 Å². The van der Waals surface area contributed by atoms with E-state index in [-0.39, 0.29) is 12.2 Å². The SMILES string of the molecule is Cc1cn([C@H]2C[C@H](O)[C@](CO)(CF)O2)c(=O)nc1N. The van der Waals surface area contributed by atoms with Gasteiger partial charge in [0.05, 0.1) is 12.7 Å². The number of hydrogen-bond donors (Lipinski definition) is 3. The number of halogens is 1. The van der Waals surface area contributed by atoms with Crippen molar-refractivity contribution in [1.82, 2.24) is 9.55 Å². The average molecular weight is 273 g/mol. The molecule has 2 rings (SSSR count). The molecule has 0 spiro atoms. The Labute approximate surface area is 108 Å². The van der Waals surface area contributed by atoms with Crippen molar-refractivity contribution in [2.75, 3.05) is 19.0 Å². The summed E-state index contributed by atoms with van der Waals surface area (Å²) in [6, 6.07) is 0. The first-order chi connectivity index (χ1) is 8.93. The van der Waals surface area contributed by atoms with Crippen molar-refractivity contribution in [2.24, 2.45) is 0 Å². The predicted octanol–water partition coefficient (Wildman–Crippen LogP) is -0.886. The Balaban J connectivity index is 2.36. The molecule has 2 heterocycles. The molecule has 8 heteroatoms. The molecule has 0 aromatic carbocycles. The molecule has 3 atom stereocenters. The number of ether oxygens (including phenoxy) is 1. The van der Waals surface area contributed by atoms with E-state index in [9.17, 15) is 19.4 Å². The molecule has 7 nitrogen and oxygen atoms in total. The Kier molecular flexibility index (Phi) is 3.57. The van der Waals surface area contributed by atoms with Crippen LogP contribution in [0.4, 0.5) is 10.2 Å². The van der Waals surface area contributed by atoms with Gasteiger partial charge in [-0.25, -0.2) is 9.18 Å². The maximum Gasteiger partial charge on any atom is 0.351 e. The van der Waals surface area contributed by atoms with Crippen LogP contribution < -0.4 is 11.4 Å². The lowest BCUT2D eigenvalue weighted by molar-refractivity contribution is -0.137. The van der Waals surface area contributed by atoms with Crippen LogP contribution in [0.3, 0.4) is 0 Å². The first-order valence-electron chi connectivity index (χ1n) is 5.81. The van der Waals surface area contributed by atoms with Crippen LogP contribution in [0.15, 0.2) is 11.0 Å². The number of aliphatic hydroxyl groups is 2. The summed E-state index contributed by atoms with van der Waals surface area (Å²) >= 11 is 0. The van der Waals surface area contributed by atoms with E-state index >= 15 is 0 Å². The van der Waals surface area contributed by atoms with Crippen molar-refractivity contribution in [2.45, 2.75) is 31.3 Å². The Morgan fingerprint density at radius 3 is 2.95 bits per heavy atom. The van der Waals surface area contributed by atoms with E-state index in [4.69, 9.17) is 10.5 Å². The second-order valence-corrected chi connectivity index (χ2v) is 4.68. The normalized spacial score (nSPS) is 30.7. The Morgan fingerprint density at radius 2 is 2.42 bits per heavy atom. The number of nitrogen functional groups attached to an aromatic ring is 1. The molecule has 1 aromatic rings. The van der Waals surface area contributed by atoms with Gasteiger partial charge in [-0.2, -0.15) is 4.98 Å². The van der Waals surface area contributed by atoms with E-state index < -0.39 is 36.9 Å². The molecule has 106 valence electrons. The minimum Gasteiger partial charge on any atom is -0.393 e. The second-order valence-electron chi connectivity index (χ2n) is 4.68. The number of aryl methyl sites for hydroxylation is 1. The van der Waals surface area contributed by atoms with Crippen LogP contribution in [0.1, 0.15) is 18.2 Å². The Hall–Kier alpha value is -1.51. The fraction of sp³-hybridized carbons (Fsp3) is 0.636. The van der Waals surface area contributed by atoms with E-state index in [0.717, 1.165) is 4.57 Å². The van der Waals surface area contributed by atoms with Gasteiger partial charge in [0, 0.05) is 18.2 Å². The van der Waals surface area contributed by atoms with Crippen LogP contribution in [0.25, 0.3) is 0 Å². The minimum atomic E-state index is -1.68. The summed E-state index contributed by atoms with van der Waals surface area (Å²) in [5, 5.41) is 19.0. The van der Waals surface area contributed by atoms with Gasteiger partial charge >= 0.3 is 5.69 Å². The molecule has 1 fully saturated rings.